The maximum atomic E-state index is 13.7. The van der Waals surface area contributed by atoms with Crippen molar-refractivity contribution in [1.29, 1.82) is 0 Å². The van der Waals surface area contributed by atoms with Crippen molar-refractivity contribution in [2.24, 2.45) is 5.92 Å². The molecule has 2 aliphatic rings. The van der Waals surface area contributed by atoms with Gasteiger partial charge in [0.05, 0.1) is 16.0 Å². The number of carbonyl (C=O) groups excluding carboxylic acids is 1. The Hall–Kier alpha value is -2.76. The van der Waals surface area contributed by atoms with Gasteiger partial charge in [-0.2, -0.15) is 13.2 Å². The zero-order valence-corrected chi connectivity index (χ0v) is 19.9. The molecule has 1 aromatic heterocycles. The smallest absolute Gasteiger partial charge is 0.417 e. The lowest BCUT2D eigenvalue weighted by Gasteiger charge is -2.25. The van der Waals surface area contributed by atoms with E-state index in [-0.39, 0.29) is 35.2 Å². The molecular weight excluding hydrogens is 495 g/mol. The summed E-state index contributed by atoms with van der Waals surface area (Å²) in [5, 5.41) is 0. The molecule has 1 saturated carbocycles. The first kappa shape index (κ1) is 25.3. The van der Waals surface area contributed by atoms with Gasteiger partial charge in [0, 0.05) is 44.1 Å². The van der Waals surface area contributed by atoms with Gasteiger partial charge in [-0.25, -0.2) is 17.2 Å². The van der Waals surface area contributed by atoms with Gasteiger partial charge < -0.3 is 9.64 Å². The first-order valence-electron chi connectivity index (χ1n) is 10.7. The maximum absolute atomic E-state index is 13.7. The van der Waals surface area contributed by atoms with Crippen LogP contribution in [0.15, 0.2) is 41.6 Å². The van der Waals surface area contributed by atoms with Gasteiger partial charge in [0.25, 0.3) is 11.8 Å². The number of carbonyl (C=O) groups is 1. The number of piperidine rings is 1. The number of hydrogen-bond acceptors (Lipinski definition) is 5. The number of sulfone groups is 1. The summed E-state index contributed by atoms with van der Waals surface area (Å²) in [5.74, 6) is -4.18. The van der Waals surface area contributed by atoms with Gasteiger partial charge in [-0.1, -0.05) is 0 Å². The summed E-state index contributed by atoms with van der Waals surface area (Å²) in [6, 6.07) is 4.44. The number of alkyl halides is 5. The standard InChI is InChI=1S/C23H23F5N2O4S/c1-13(21(2,24)25)34-19-5-4-17(35(3,32)33)7-18(19)20(31)30-11-16-8-22(16,12-30)14-6-15(10-29-9-14)23(26,27)28/h4-7,9-10,13,16H,8,11-12H2,1-3H3. The van der Waals surface area contributed by atoms with Gasteiger partial charge >= 0.3 is 6.18 Å². The van der Waals surface area contributed by atoms with E-state index < -0.39 is 44.9 Å². The van der Waals surface area contributed by atoms with E-state index in [9.17, 15) is 35.2 Å². The summed E-state index contributed by atoms with van der Waals surface area (Å²) in [7, 11) is -3.72. The highest BCUT2D eigenvalue weighted by molar-refractivity contribution is 7.90. The Labute approximate surface area is 199 Å². The number of ether oxygens (including phenoxy) is 1. The highest BCUT2D eigenvalue weighted by Crippen LogP contribution is 2.59. The van der Waals surface area contributed by atoms with Gasteiger partial charge in [0.1, 0.15) is 5.75 Å². The van der Waals surface area contributed by atoms with E-state index in [1.807, 2.05) is 0 Å². The second-order valence-corrected chi connectivity index (χ2v) is 11.4. The first-order valence-corrected chi connectivity index (χ1v) is 12.6. The van der Waals surface area contributed by atoms with Crippen molar-refractivity contribution in [1.82, 2.24) is 9.88 Å². The Morgan fingerprint density at radius 2 is 1.89 bits per heavy atom. The molecular formula is C23H23F5N2O4S. The van der Waals surface area contributed by atoms with Crippen LogP contribution in [0.25, 0.3) is 0 Å². The molecule has 1 aliphatic carbocycles. The highest BCUT2D eigenvalue weighted by atomic mass is 32.2. The predicted octanol–water partition coefficient (Wildman–Crippen LogP) is 4.34. The number of rotatable bonds is 6. The number of pyridine rings is 1. The van der Waals surface area contributed by atoms with Crippen LogP contribution in [0.1, 0.15) is 41.8 Å². The normalized spacial score (nSPS) is 23.1. The molecule has 190 valence electrons. The molecule has 4 rings (SSSR count). The van der Waals surface area contributed by atoms with E-state index >= 15 is 0 Å². The fraction of sp³-hybridized carbons (Fsp3) is 0.478. The van der Waals surface area contributed by atoms with Crippen LogP contribution < -0.4 is 4.74 Å². The topological polar surface area (TPSA) is 76.6 Å². The molecule has 2 fully saturated rings. The summed E-state index contributed by atoms with van der Waals surface area (Å²) in [6.07, 6.45) is -2.55. The third kappa shape index (κ3) is 4.85. The largest absolute Gasteiger partial charge is 0.484 e. The molecule has 2 heterocycles. The maximum Gasteiger partial charge on any atom is 0.417 e. The zero-order valence-electron chi connectivity index (χ0n) is 19.1. The Bertz CT molecular complexity index is 1280. The monoisotopic (exact) mass is 518 g/mol. The molecule has 0 radical (unpaired) electrons. The number of halogens is 5. The molecule has 3 atom stereocenters. The number of benzene rings is 1. The number of likely N-dealkylation sites (tertiary alicyclic amines) is 1. The lowest BCUT2D eigenvalue weighted by Crippen LogP contribution is -2.35. The SMILES string of the molecule is CC(Oc1ccc(S(C)(=O)=O)cc1C(=O)N1CC2CC2(c2cncc(C(F)(F)F)c2)C1)C(C)(F)F. The Balaban J connectivity index is 1.65. The Morgan fingerprint density at radius 3 is 2.49 bits per heavy atom. The Kier molecular flexibility index (Phi) is 5.89. The minimum atomic E-state index is -4.56. The van der Waals surface area contributed by atoms with Crippen molar-refractivity contribution in [2.45, 2.75) is 48.8 Å². The van der Waals surface area contributed by atoms with Gasteiger partial charge in [0.2, 0.25) is 0 Å². The summed E-state index contributed by atoms with van der Waals surface area (Å²) in [5.41, 5.74) is -1.41. The minimum Gasteiger partial charge on any atom is -0.484 e. The molecule has 3 unspecified atom stereocenters. The van der Waals surface area contributed by atoms with E-state index in [1.165, 1.54) is 17.2 Å². The van der Waals surface area contributed by atoms with Crippen LogP contribution in [0.5, 0.6) is 5.75 Å². The third-order valence-electron chi connectivity index (χ3n) is 6.70. The van der Waals surface area contributed by atoms with Gasteiger partial charge in [-0.05, 0) is 49.1 Å². The van der Waals surface area contributed by atoms with Crippen molar-refractivity contribution >= 4 is 15.7 Å². The van der Waals surface area contributed by atoms with Crippen molar-refractivity contribution in [3.8, 4) is 5.75 Å². The number of amides is 1. The average Bonchev–Trinajstić information content (AvgIpc) is 3.32. The van der Waals surface area contributed by atoms with Gasteiger partial charge in [-0.15, -0.1) is 0 Å². The molecule has 1 aromatic carbocycles. The van der Waals surface area contributed by atoms with Crippen LogP contribution >= 0.6 is 0 Å². The van der Waals surface area contributed by atoms with Crippen LogP contribution in [0.4, 0.5) is 22.0 Å². The van der Waals surface area contributed by atoms with Crippen LogP contribution in [0, 0.1) is 5.92 Å². The summed E-state index contributed by atoms with van der Waals surface area (Å²) >= 11 is 0. The number of hydrogen-bond donors (Lipinski definition) is 0. The van der Waals surface area contributed by atoms with Crippen molar-refractivity contribution in [3.05, 3.63) is 53.3 Å². The lowest BCUT2D eigenvalue weighted by atomic mass is 9.95. The second-order valence-electron chi connectivity index (χ2n) is 9.35. The zero-order chi connectivity index (χ0) is 26.0. The average molecular weight is 519 g/mol. The molecule has 6 nitrogen and oxygen atoms in total. The van der Waals surface area contributed by atoms with E-state index in [1.54, 1.807) is 0 Å². The van der Waals surface area contributed by atoms with Gasteiger partial charge in [-0.3, -0.25) is 9.78 Å². The van der Waals surface area contributed by atoms with Crippen molar-refractivity contribution < 1.29 is 39.9 Å². The van der Waals surface area contributed by atoms with E-state index in [2.05, 4.69) is 4.98 Å². The molecule has 1 aliphatic heterocycles. The molecule has 1 amide bonds. The lowest BCUT2D eigenvalue weighted by molar-refractivity contribution is -0.137. The van der Waals surface area contributed by atoms with E-state index in [0.717, 1.165) is 37.6 Å². The van der Waals surface area contributed by atoms with Crippen LogP contribution in [0.3, 0.4) is 0 Å². The molecule has 2 aromatic rings. The van der Waals surface area contributed by atoms with E-state index in [0.29, 0.717) is 18.9 Å². The van der Waals surface area contributed by atoms with E-state index in [4.69, 9.17) is 4.74 Å². The summed E-state index contributed by atoms with van der Waals surface area (Å²) in [4.78, 5) is 18.3. The molecule has 1 saturated heterocycles. The summed E-state index contributed by atoms with van der Waals surface area (Å²) < 4.78 is 96.3. The van der Waals surface area contributed by atoms with Gasteiger partial charge in [0.15, 0.2) is 15.9 Å². The van der Waals surface area contributed by atoms with Crippen LogP contribution in [0.2, 0.25) is 0 Å². The number of nitrogens with zero attached hydrogens (tertiary/aromatic N) is 2. The van der Waals surface area contributed by atoms with Crippen molar-refractivity contribution in [2.75, 3.05) is 19.3 Å². The number of fused-ring (bicyclic) bond motifs is 1. The molecule has 35 heavy (non-hydrogen) atoms. The first-order chi connectivity index (χ1) is 16.0. The van der Waals surface area contributed by atoms with Crippen molar-refractivity contribution in [3.63, 3.8) is 0 Å². The van der Waals surface area contributed by atoms with Crippen LogP contribution in [-0.2, 0) is 21.4 Å². The molecule has 0 N–H and O–H groups in total. The minimum absolute atomic E-state index is 0.0848. The molecule has 0 bridgehead atoms. The molecule has 12 heteroatoms. The summed E-state index contributed by atoms with van der Waals surface area (Å²) in [6.45, 7) is 2.09. The molecule has 0 spiro atoms. The third-order valence-corrected chi connectivity index (χ3v) is 7.81. The fourth-order valence-electron chi connectivity index (χ4n) is 4.43. The Morgan fingerprint density at radius 1 is 1.20 bits per heavy atom. The number of aromatic nitrogens is 1. The fourth-order valence-corrected chi connectivity index (χ4v) is 5.07. The quantitative estimate of drug-likeness (QED) is 0.532. The highest BCUT2D eigenvalue weighted by Gasteiger charge is 2.62. The second kappa shape index (κ2) is 8.14. The predicted molar refractivity (Wildman–Crippen MR) is 115 cm³/mol. The van der Waals surface area contributed by atoms with Crippen LogP contribution in [-0.4, -0.2) is 55.6 Å².